The third-order valence-electron chi connectivity index (χ3n) is 1.83. The monoisotopic (exact) mass is 210 g/mol. The minimum atomic E-state index is -1.88. The van der Waals surface area contributed by atoms with Gasteiger partial charge < -0.3 is 8.85 Å². The van der Waals surface area contributed by atoms with Gasteiger partial charge in [-0.2, -0.15) is 0 Å². The molecule has 0 rings (SSSR count). The molecule has 0 aromatic heterocycles. The van der Waals surface area contributed by atoms with Crippen LogP contribution >= 0.6 is 11.1 Å². The van der Waals surface area contributed by atoms with Gasteiger partial charge in [0.1, 0.15) is 0 Å². The van der Waals surface area contributed by atoms with Gasteiger partial charge in [0.15, 0.2) is 0 Å². The Morgan fingerprint density at radius 2 is 1.42 bits per heavy atom. The Labute approximate surface area is 81.8 Å². The first-order valence-electron chi connectivity index (χ1n) is 4.55. The number of rotatable bonds is 6. The molecule has 0 bridgehead atoms. The first-order valence-corrected chi connectivity index (χ1v) is 7.23. The molecule has 0 saturated heterocycles. The Bertz CT molecular complexity index is 101. The van der Waals surface area contributed by atoms with E-state index in [9.17, 15) is 0 Å². The van der Waals surface area contributed by atoms with E-state index in [-0.39, 0.29) is 12.2 Å². The Kier molecular flexibility index (Phi) is 7.14. The predicted octanol–water partition coefficient (Wildman–Crippen LogP) is 2.57. The van der Waals surface area contributed by atoms with Crippen molar-refractivity contribution >= 4 is 19.7 Å². The molecule has 0 aromatic rings. The van der Waals surface area contributed by atoms with Crippen LogP contribution < -0.4 is 0 Å². The van der Waals surface area contributed by atoms with E-state index in [0.717, 1.165) is 12.8 Å². The minimum Gasteiger partial charge on any atom is -0.383 e. The van der Waals surface area contributed by atoms with Gasteiger partial charge in [-0.1, -0.05) is 13.8 Å². The van der Waals surface area contributed by atoms with Crippen LogP contribution in [0.1, 0.15) is 40.5 Å². The molecular weight excluding hydrogens is 192 g/mol. The van der Waals surface area contributed by atoms with Gasteiger partial charge >= 0.3 is 8.59 Å². The normalized spacial score (nSPS) is 18.8. The van der Waals surface area contributed by atoms with Crippen LogP contribution in [0.25, 0.3) is 0 Å². The van der Waals surface area contributed by atoms with Crippen molar-refractivity contribution in [1.82, 2.24) is 0 Å². The summed E-state index contributed by atoms with van der Waals surface area (Å²) in [5, 5.41) is 0. The number of hydrogen-bond donors (Lipinski definition) is 0. The summed E-state index contributed by atoms with van der Waals surface area (Å²) in [7, 11) is -1.88. The summed E-state index contributed by atoms with van der Waals surface area (Å²) in [6.45, 7) is 8.18. The van der Waals surface area contributed by atoms with Crippen LogP contribution in [-0.2, 0) is 8.85 Å². The molecule has 4 heteroatoms. The molecule has 12 heavy (non-hydrogen) atoms. The van der Waals surface area contributed by atoms with Crippen molar-refractivity contribution in [3.05, 3.63) is 0 Å². The highest BCUT2D eigenvalue weighted by molar-refractivity contribution is 6.99. The highest BCUT2D eigenvalue weighted by atomic mass is 35.6. The van der Waals surface area contributed by atoms with Gasteiger partial charge in [0.2, 0.25) is 0 Å². The molecule has 0 heterocycles. The van der Waals surface area contributed by atoms with Crippen molar-refractivity contribution in [3.8, 4) is 0 Å². The van der Waals surface area contributed by atoms with Crippen LogP contribution in [-0.4, -0.2) is 20.8 Å². The number of hydrogen-bond acceptors (Lipinski definition) is 2. The Morgan fingerprint density at radius 1 is 1.08 bits per heavy atom. The van der Waals surface area contributed by atoms with E-state index in [1.54, 1.807) is 0 Å². The molecule has 0 saturated carbocycles. The second-order valence-electron chi connectivity index (χ2n) is 2.98. The Balaban J connectivity index is 3.51. The lowest BCUT2D eigenvalue weighted by Gasteiger charge is -2.18. The van der Waals surface area contributed by atoms with Crippen LogP contribution in [0.4, 0.5) is 0 Å². The summed E-state index contributed by atoms with van der Waals surface area (Å²) < 4.78 is 10.9. The van der Waals surface area contributed by atoms with E-state index in [1.807, 2.05) is 13.8 Å². The molecule has 2 unspecified atom stereocenters. The van der Waals surface area contributed by atoms with Gasteiger partial charge in [-0.25, -0.2) is 0 Å². The molecule has 2 nitrogen and oxygen atoms in total. The van der Waals surface area contributed by atoms with E-state index in [2.05, 4.69) is 13.8 Å². The zero-order valence-corrected chi connectivity index (χ0v) is 10.3. The van der Waals surface area contributed by atoms with Crippen molar-refractivity contribution in [3.63, 3.8) is 0 Å². The third-order valence-corrected chi connectivity index (χ3v) is 3.80. The van der Waals surface area contributed by atoms with Gasteiger partial charge in [-0.05, 0) is 26.7 Å². The van der Waals surface area contributed by atoms with Crippen molar-refractivity contribution < 1.29 is 8.85 Å². The zero-order valence-electron chi connectivity index (χ0n) is 8.34. The smallest absolute Gasteiger partial charge is 0.383 e. The van der Waals surface area contributed by atoms with Crippen molar-refractivity contribution in [2.45, 2.75) is 52.7 Å². The fraction of sp³-hybridized carbons (Fsp3) is 1.00. The highest BCUT2D eigenvalue weighted by Crippen LogP contribution is 2.07. The molecule has 0 aliphatic heterocycles. The van der Waals surface area contributed by atoms with E-state index >= 15 is 0 Å². The second-order valence-corrected chi connectivity index (χ2v) is 5.15. The van der Waals surface area contributed by atoms with Gasteiger partial charge in [0.05, 0.1) is 0 Å². The molecule has 74 valence electrons. The molecule has 0 fully saturated rings. The lowest BCUT2D eigenvalue weighted by molar-refractivity contribution is 0.124. The fourth-order valence-corrected chi connectivity index (χ4v) is 2.82. The third kappa shape index (κ3) is 6.00. The maximum atomic E-state index is 5.92. The van der Waals surface area contributed by atoms with Gasteiger partial charge in [0, 0.05) is 12.2 Å². The molecular formula is C8H19ClO2Si. The second kappa shape index (κ2) is 6.89. The lowest BCUT2D eigenvalue weighted by Crippen LogP contribution is -2.25. The van der Waals surface area contributed by atoms with Crippen LogP contribution in [0.5, 0.6) is 0 Å². The molecule has 0 aliphatic rings. The van der Waals surface area contributed by atoms with Crippen molar-refractivity contribution in [2.24, 2.45) is 0 Å². The van der Waals surface area contributed by atoms with Crippen molar-refractivity contribution in [1.29, 1.82) is 0 Å². The summed E-state index contributed by atoms with van der Waals surface area (Å²) >= 11 is 5.92. The molecule has 0 amide bonds. The summed E-state index contributed by atoms with van der Waals surface area (Å²) in [6.07, 6.45) is 2.42. The molecule has 0 aliphatic carbocycles. The maximum Gasteiger partial charge on any atom is 0.427 e. The summed E-state index contributed by atoms with van der Waals surface area (Å²) in [5.41, 5.74) is 0. The number of halogens is 1. The average Bonchev–Trinajstić information content (AvgIpc) is 2.03. The van der Waals surface area contributed by atoms with Crippen LogP contribution in [0.3, 0.4) is 0 Å². The maximum absolute atomic E-state index is 5.92. The SMILES string of the molecule is CCC(C)O[SiH](Cl)OC(C)CC. The highest BCUT2D eigenvalue weighted by Gasteiger charge is 2.15. The zero-order chi connectivity index (χ0) is 9.56. The van der Waals surface area contributed by atoms with E-state index in [1.165, 1.54) is 0 Å². The molecule has 0 N–H and O–H groups in total. The lowest BCUT2D eigenvalue weighted by atomic mass is 10.3. The van der Waals surface area contributed by atoms with Crippen LogP contribution in [0.15, 0.2) is 0 Å². The largest absolute Gasteiger partial charge is 0.427 e. The van der Waals surface area contributed by atoms with E-state index < -0.39 is 8.59 Å². The van der Waals surface area contributed by atoms with Crippen LogP contribution in [0, 0.1) is 0 Å². The van der Waals surface area contributed by atoms with Crippen LogP contribution in [0.2, 0.25) is 0 Å². The fourth-order valence-electron chi connectivity index (χ4n) is 0.590. The summed E-state index contributed by atoms with van der Waals surface area (Å²) in [6, 6.07) is 0. The molecule has 0 aromatic carbocycles. The first-order chi connectivity index (χ1) is 5.60. The van der Waals surface area contributed by atoms with E-state index in [4.69, 9.17) is 19.9 Å². The minimum absolute atomic E-state index is 0.225. The Hall–Kier alpha value is 0.427. The first kappa shape index (κ1) is 12.4. The van der Waals surface area contributed by atoms with Crippen molar-refractivity contribution in [2.75, 3.05) is 0 Å². The Morgan fingerprint density at radius 3 is 1.67 bits per heavy atom. The van der Waals surface area contributed by atoms with E-state index in [0.29, 0.717) is 0 Å². The summed E-state index contributed by atoms with van der Waals surface area (Å²) in [5.74, 6) is 0. The molecule has 0 spiro atoms. The molecule has 0 radical (unpaired) electrons. The van der Waals surface area contributed by atoms with Gasteiger partial charge in [-0.3, -0.25) is 0 Å². The van der Waals surface area contributed by atoms with Gasteiger partial charge in [-0.15, -0.1) is 11.1 Å². The summed E-state index contributed by atoms with van der Waals surface area (Å²) in [4.78, 5) is 0. The topological polar surface area (TPSA) is 18.5 Å². The average molecular weight is 211 g/mol. The van der Waals surface area contributed by atoms with Gasteiger partial charge in [0.25, 0.3) is 0 Å². The predicted molar refractivity (Wildman–Crippen MR) is 54.7 cm³/mol. The standard InChI is InChI=1S/C8H19ClO2Si/c1-5-7(3)10-12(9)11-8(4)6-2/h7-8,12H,5-6H2,1-4H3. The quantitative estimate of drug-likeness (QED) is 0.496. The molecule has 2 atom stereocenters.